The number of aryl methyl sites for hydroxylation is 1. The summed E-state index contributed by atoms with van der Waals surface area (Å²) in [6.45, 7) is 7.55. The molecule has 7 nitrogen and oxygen atoms in total. The molecule has 128 valence electrons. The summed E-state index contributed by atoms with van der Waals surface area (Å²) in [6.07, 6.45) is 1.36. The van der Waals surface area contributed by atoms with Crippen LogP contribution in [0.3, 0.4) is 0 Å². The molecule has 0 saturated heterocycles. The van der Waals surface area contributed by atoms with E-state index in [1.54, 1.807) is 0 Å². The van der Waals surface area contributed by atoms with E-state index in [2.05, 4.69) is 20.3 Å². The number of anilines is 2. The molecular formula is C17H22N4O3. The van der Waals surface area contributed by atoms with E-state index in [-0.39, 0.29) is 24.5 Å². The fourth-order valence-electron chi connectivity index (χ4n) is 2.18. The molecule has 0 aliphatic carbocycles. The normalized spacial score (nSPS) is 10.5. The number of carbonyl (C=O) groups is 2. The number of hydrogen-bond acceptors (Lipinski definition) is 4. The number of rotatable bonds is 5. The maximum atomic E-state index is 12.6. The van der Waals surface area contributed by atoms with Gasteiger partial charge < -0.3 is 20.1 Å². The summed E-state index contributed by atoms with van der Waals surface area (Å²) in [5, 5.41) is 9.07. The zero-order valence-corrected chi connectivity index (χ0v) is 14.3. The van der Waals surface area contributed by atoms with Gasteiger partial charge in [-0.15, -0.1) is 0 Å². The summed E-state index contributed by atoms with van der Waals surface area (Å²) in [5.74, 6) is -0.0210. The van der Waals surface area contributed by atoms with Crippen molar-refractivity contribution >= 4 is 23.4 Å². The number of nitrogens with zero attached hydrogens (tertiary/aromatic N) is 2. The van der Waals surface area contributed by atoms with Crippen molar-refractivity contribution in [3.05, 3.63) is 41.7 Å². The molecule has 2 aromatic rings. The van der Waals surface area contributed by atoms with Gasteiger partial charge >= 0.3 is 6.03 Å². The molecule has 0 spiro atoms. The van der Waals surface area contributed by atoms with Crippen LogP contribution in [0.1, 0.15) is 25.0 Å². The van der Waals surface area contributed by atoms with Gasteiger partial charge in [0.1, 0.15) is 12.8 Å². The van der Waals surface area contributed by atoms with E-state index in [0.717, 1.165) is 16.8 Å². The minimum atomic E-state index is -0.339. The molecule has 0 saturated carbocycles. The van der Waals surface area contributed by atoms with Crippen LogP contribution in [-0.4, -0.2) is 34.6 Å². The summed E-state index contributed by atoms with van der Waals surface area (Å²) in [5.41, 5.74) is 2.83. The molecule has 0 bridgehead atoms. The molecule has 1 aromatic carbocycles. The molecule has 0 atom stereocenters. The molecule has 0 aliphatic rings. The Morgan fingerprint density at radius 3 is 2.58 bits per heavy atom. The SMILES string of the molecule is Cc1cccc(NC(=O)N(CC(=O)Nc2ccon2)C(C)C)c1C. The summed E-state index contributed by atoms with van der Waals surface area (Å²) < 4.78 is 4.66. The molecule has 2 rings (SSSR count). The Hall–Kier alpha value is -2.83. The Bertz CT molecular complexity index is 711. The van der Waals surface area contributed by atoms with Crippen molar-refractivity contribution in [3.63, 3.8) is 0 Å². The van der Waals surface area contributed by atoms with Gasteiger partial charge in [0.15, 0.2) is 5.82 Å². The van der Waals surface area contributed by atoms with Crippen LogP contribution in [0.5, 0.6) is 0 Å². The van der Waals surface area contributed by atoms with Crippen LogP contribution < -0.4 is 10.6 Å². The summed E-state index contributed by atoms with van der Waals surface area (Å²) >= 11 is 0. The van der Waals surface area contributed by atoms with Crippen molar-refractivity contribution in [2.75, 3.05) is 17.2 Å². The first-order chi connectivity index (χ1) is 11.4. The van der Waals surface area contributed by atoms with Crippen LogP contribution in [0.2, 0.25) is 0 Å². The standard InChI is InChI=1S/C17H22N4O3/c1-11(2)21(10-16(22)19-15-8-9-24-20-15)17(23)18-14-7-5-6-12(3)13(14)4/h5-9,11H,10H2,1-4H3,(H,18,23)(H,19,20,22). The van der Waals surface area contributed by atoms with Crippen LogP contribution in [0.15, 0.2) is 35.1 Å². The van der Waals surface area contributed by atoms with Gasteiger partial charge in [-0.1, -0.05) is 17.3 Å². The number of amides is 3. The molecule has 3 amide bonds. The third-order valence-corrected chi connectivity index (χ3v) is 3.75. The van der Waals surface area contributed by atoms with Crippen molar-refractivity contribution in [3.8, 4) is 0 Å². The maximum Gasteiger partial charge on any atom is 0.322 e. The van der Waals surface area contributed by atoms with Crippen molar-refractivity contribution in [1.82, 2.24) is 10.1 Å². The molecule has 2 N–H and O–H groups in total. The van der Waals surface area contributed by atoms with E-state index < -0.39 is 0 Å². The van der Waals surface area contributed by atoms with Gasteiger partial charge in [-0.05, 0) is 44.9 Å². The molecule has 0 unspecified atom stereocenters. The lowest BCUT2D eigenvalue weighted by Gasteiger charge is -2.26. The van der Waals surface area contributed by atoms with E-state index in [9.17, 15) is 9.59 Å². The van der Waals surface area contributed by atoms with Gasteiger partial charge in [-0.2, -0.15) is 0 Å². The molecule has 7 heteroatoms. The van der Waals surface area contributed by atoms with Gasteiger partial charge in [0.05, 0.1) is 0 Å². The second-order valence-corrected chi connectivity index (χ2v) is 5.83. The Morgan fingerprint density at radius 2 is 1.96 bits per heavy atom. The molecule has 1 heterocycles. The predicted octanol–water partition coefficient (Wildman–Crippen LogP) is 3.17. The summed E-state index contributed by atoms with van der Waals surface area (Å²) in [7, 11) is 0. The lowest BCUT2D eigenvalue weighted by Crippen LogP contribution is -2.44. The van der Waals surface area contributed by atoms with Gasteiger partial charge in [0, 0.05) is 17.8 Å². The highest BCUT2D eigenvalue weighted by atomic mass is 16.5. The molecule has 1 aromatic heterocycles. The van der Waals surface area contributed by atoms with Crippen LogP contribution >= 0.6 is 0 Å². The van der Waals surface area contributed by atoms with Crippen LogP contribution in [-0.2, 0) is 4.79 Å². The lowest BCUT2D eigenvalue weighted by atomic mass is 10.1. The van der Waals surface area contributed by atoms with Crippen molar-refractivity contribution in [1.29, 1.82) is 0 Å². The van der Waals surface area contributed by atoms with Gasteiger partial charge in [-0.3, -0.25) is 4.79 Å². The maximum absolute atomic E-state index is 12.6. The first-order valence-corrected chi connectivity index (χ1v) is 7.72. The fourth-order valence-corrected chi connectivity index (χ4v) is 2.18. The van der Waals surface area contributed by atoms with E-state index in [1.165, 1.54) is 17.2 Å². The Morgan fingerprint density at radius 1 is 1.21 bits per heavy atom. The van der Waals surface area contributed by atoms with Crippen molar-refractivity contribution < 1.29 is 14.1 Å². The highest BCUT2D eigenvalue weighted by Crippen LogP contribution is 2.18. The highest BCUT2D eigenvalue weighted by molar-refractivity contribution is 5.97. The molecule has 0 fully saturated rings. The van der Waals surface area contributed by atoms with E-state index in [4.69, 9.17) is 0 Å². The molecule has 0 aliphatic heterocycles. The molecule has 0 radical (unpaired) electrons. The zero-order valence-electron chi connectivity index (χ0n) is 14.3. The second-order valence-electron chi connectivity index (χ2n) is 5.83. The first kappa shape index (κ1) is 17.5. The Labute approximate surface area is 141 Å². The molecular weight excluding hydrogens is 308 g/mol. The minimum Gasteiger partial charge on any atom is -0.363 e. The van der Waals surface area contributed by atoms with Gasteiger partial charge in [0.25, 0.3) is 0 Å². The Balaban J connectivity index is 2.05. The number of carbonyl (C=O) groups excluding carboxylic acids is 2. The number of hydrogen-bond donors (Lipinski definition) is 2. The van der Waals surface area contributed by atoms with Crippen molar-refractivity contribution in [2.45, 2.75) is 33.7 Å². The van der Waals surface area contributed by atoms with Crippen molar-refractivity contribution in [2.24, 2.45) is 0 Å². The van der Waals surface area contributed by atoms with Gasteiger partial charge in [-0.25, -0.2) is 4.79 Å². The smallest absolute Gasteiger partial charge is 0.322 e. The largest absolute Gasteiger partial charge is 0.363 e. The second kappa shape index (κ2) is 7.63. The van der Waals surface area contributed by atoms with E-state index in [0.29, 0.717) is 5.82 Å². The number of benzene rings is 1. The zero-order chi connectivity index (χ0) is 17.7. The quantitative estimate of drug-likeness (QED) is 0.881. The van der Waals surface area contributed by atoms with Crippen LogP contribution in [0.4, 0.5) is 16.3 Å². The van der Waals surface area contributed by atoms with E-state index >= 15 is 0 Å². The highest BCUT2D eigenvalue weighted by Gasteiger charge is 2.21. The number of aromatic nitrogens is 1. The van der Waals surface area contributed by atoms with E-state index in [1.807, 2.05) is 45.9 Å². The average Bonchev–Trinajstić information content (AvgIpc) is 3.02. The topological polar surface area (TPSA) is 87.5 Å². The third-order valence-electron chi connectivity index (χ3n) is 3.75. The van der Waals surface area contributed by atoms with Gasteiger partial charge in [0.2, 0.25) is 5.91 Å². The fraction of sp³-hybridized carbons (Fsp3) is 0.353. The average molecular weight is 330 g/mol. The lowest BCUT2D eigenvalue weighted by molar-refractivity contribution is -0.117. The number of urea groups is 1. The summed E-state index contributed by atoms with van der Waals surface area (Å²) in [4.78, 5) is 26.1. The number of nitrogens with one attached hydrogen (secondary N) is 2. The van der Waals surface area contributed by atoms with Crippen LogP contribution in [0, 0.1) is 13.8 Å². The summed E-state index contributed by atoms with van der Waals surface area (Å²) in [6, 6.07) is 6.78. The minimum absolute atomic E-state index is 0.0821. The predicted molar refractivity (Wildman–Crippen MR) is 91.9 cm³/mol. The molecule has 24 heavy (non-hydrogen) atoms. The first-order valence-electron chi connectivity index (χ1n) is 7.72. The van der Waals surface area contributed by atoms with Crippen LogP contribution in [0.25, 0.3) is 0 Å². The third kappa shape index (κ3) is 4.34. The monoisotopic (exact) mass is 330 g/mol. The Kier molecular flexibility index (Phi) is 5.57.